The van der Waals surface area contributed by atoms with Crippen LogP contribution in [0.3, 0.4) is 0 Å². The van der Waals surface area contributed by atoms with Crippen LogP contribution >= 0.6 is 31.9 Å². The van der Waals surface area contributed by atoms with E-state index in [1.807, 2.05) is 0 Å². The lowest BCUT2D eigenvalue weighted by Crippen LogP contribution is -2.02. The van der Waals surface area contributed by atoms with Crippen LogP contribution in [0, 0.1) is 0 Å². The minimum atomic E-state index is -0.604. The first-order valence-corrected chi connectivity index (χ1v) is 5.06. The predicted molar refractivity (Wildman–Crippen MR) is 56.5 cm³/mol. The van der Waals surface area contributed by atoms with Gasteiger partial charge in [0.25, 0.3) is 0 Å². The minimum Gasteiger partial charge on any atom is -0.504 e. The number of benzene rings is 1. The van der Waals surface area contributed by atoms with Crippen LogP contribution in [0.4, 0.5) is 0 Å². The highest BCUT2D eigenvalue weighted by atomic mass is 79.9. The number of phenols is 2. The number of methoxy groups -OCH3 is 1. The predicted octanol–water partition coefficient (Wildman–Crippen LogP) is 2.41. The van der Waals surface area contributed by atoms with Gasteiger partial charge in [0, 0.05) is 0 Å². The fraction of sp³-hybridized carbons (Fsp3) is 0.125. The number of rotatable bonds is 1. The Morgan fingerprint density at radius 2 is 1.93 bits per heavy atom. The summed E-state index contributed by atoms with van der Waals surface area (Å²) in [7, 11) is 1.23. The molecule has 76 valence electrons. The molecule has 0 radical (unpaired) electrons. The summed E-state index contributed by atoms with van der Waals surface area (Å²) in [5.74, 6) is -1.32. The number of esters is 1. The van der Waals surface area contributed by atoms with Crippen molar-refractivity contribution in [3.8, 4) is 11.5 Å². The van der Waals surface area contributed by atoms with Gasteiger partial charge in [-0.25, -0.2) is 4.79 Å². The molecule has 0 aliphatic carbocycles. The molecule has 0 aromatic heterocycles. The summed E-state index contributed by atoms with van der Waals surface area (Å²) in [5.41, 5.74) is 0.134. The summed E-state index contributed by atoms with van der Waals surface area (Å²) in [6.07, 6.45) is 0. The minimum absolute atomic E-state index is 0.134. The van der Waals surface area contributed by atoms with E-state index in [-0.39, 0.29) is 21.5 Å². The van der Waals surface area contributed by atoms with Crippen LogP contribution in [0.1, 0.15) is 10.4 Å². The Morgan fingerprint density at radius 3 is 2.43 bits per heavy atom. The molecule has 0 unspecified atom stereocenters. The zero-order chi connectivity index (χ0) is 10.9. The number of ether oxygens (including phenoxy) is 1. The van der Waals surface area contributed by atoms with Gasteiger partial charge in [-0.3, -0.25) is 0 Å². The highest BCUT2D eigenvalue weighted by Gasteiger charge is 2.18. The van der Waals surface area contributed by atoms with Gasteiger partial charge in [0.2, 0.25) is 0 Å². The Balaban J connectivity index is 3.40. The molecule has 0 amide bonds. The molecule has 0 saturated heterocycles. The largest absolute Gasteiger partial charge is 0.504 e. The van der Waals surface area contributed by atoms with Crippen LogP contribution in [0.2, 0.25) is 0 Å². The molecule has 0 aliphatic heterocycles. The number of carbonyl (C=O) groups is 1. The van der Waals surface area contributed by atoms with Gasteiger partial charge in [0.15, 0.2) is 11.5 Å². The van der Waals surface area contributed by atoms with Crippen molar-refractivity contribution in [1.29, 1.82) is 0 Å². The van der Waals surface area contributed by atoms with Gasteiger partial charge in [-0.1, -0.05) is 0 Å². The third-order valence-electron chi connectivity index (χ3n) is 1.57. The number of hydrogen-bond acceptors (Lipinski definition) is 4. The maximum absolute atomic E-state index is 11.2. The summed E-state index contributed by atoms with van der Waals surface area (Å²) < 4.78 is 5.02. The van der Waals surface area contributed by atoms with Crippen LogP contribution in [0.15, 0.2) is 15.0 Å². The normalized spacial score (nSPS) is 9.93. The van der Waals surface area contributed by atoms with E-state index in [2.05, 4.69) is 36.6 Å². The molecule has 1 rings (SSSR count). The van der Waals surface area contributed by atoms with E-state index < -0.39 is 5.97 Å². The van der Waals surface area contributed by atoms with Crippen LogP contribution in [-0.4, -0.2) is 23.3 Å². The van der Waals surface area contributed by atoms with Crippen molar-refractivity contribution in [2.24, 2.45) is 0 Å². The smallest absolute Gasteiger partial charge is 0.339 e. The van der Waals surface area contributed by atoms with E-state index >= 15 is 0 Å². The van der Waals surface area contributed by atoms with Gasteiger partial charge in [-0.2, -0.15) is 0 Å². The Kier molecular flexibility index (Phi) is 3.38. The third-order valence-corrected chi connectivity index (χ3v) is 3.69. The Labute approximate surface area is 96.8 Å². The lowest BCUT2D eigenvalue weighted by molar-refractivity contribution is 0.0599. The zero-order valence-electron chi connectivity index (χ0n) is 7.04. The average molecular weight is 326 g/mol. The van der Waals surface area contributed by atoms with Crippen molar-refractivity contribution in [2.75, 3.05) is 7.11 Å². The number of phenolic OH excluding ortho intramolecular Hbond substituents is 2. The van der Waals surface area contributed by atoms with E-state index in [4.69, 9.17) is 0 Å². The molecule has 0 saturated carbocycles. The molecule has 0 atom stereocenters. The van der Waals surface area contributed by atoms with Crippen molar-refractivity contribution in [3.05, 3.63) is 20.6 Å². The van der Waals surface area contributed by atoms with Crippen molar-refractivity contribution >= 4 is 37.8 Å². The molecular weight excluding hydrogens is 320 g/mol. The fourth-order valence-electron chi connectivity index (χ4n) is 0.862. The highest BCUT2D eigenvalue weighted by molar-refractivity contribution is 9.13. The lowest BCUT2D eigenvalue weighted by atomic mass is 10.2. The topological polar surface area (TPSA) is 66.8 Å². The van der Waals surface area contributed by atoms with E-state index in [1.165, 1.54) is 7.11 Å². The van der Waals surface area contributed by atoms with E-state index in [0.717, 1.165) is 6.07 Å². The second kappa shape index (κ2) is 4.18. The molecule has 0 fully saturated rings. The summed E-state index contributed by atoms with van der Waals surface area (Å²) >= 11 is 6.10. The van der Waals surface area contributed by atoms with Crippen molar-refractivity contribution in [3.63, 3.8) is 0 Å². The van der Waals surface area contributed by atoms with Gasteiger partial charge < -0.3 is 14.9 Å². The van der Waals surface area contributed by atoms with Crippen LogP contribution < -0.4 is 0 Å². The third kappa shape index (κ3) is 1.85. The van der Waals surface area contributed by atoms with Crippen LogP contribution in [-0.2, 0) is 4.74 Å². The molecule has 1 aromatic carbocycles. The van der Waals surface area contributed by atoms with Crippen molar-refractivity contribution in [1.82, 2.24) is 0 Å². The second-order valence-electron chi connectivity index (χ2n) is 2.41. The zero-order valence-corrected chi connectivity index (χ0v) is 10.2. The van der Waals surface area contributed by atoms with Crippen molar-refractivity contribution < 1.29 is 19.7 Å². The Hall–Kier alpha value is -0.750. The van der Waals surface area contributed by atoms with Crippen molar-refractivity contribution in [2.45, 2.75) is 0 Å². The summed E-state index contributed by atoms with van der Waals surface area (Å²) in [6.45, 7) is 0. The van der Waals surface area contributed by atoms with E-state index in [9.17, 15) is 15.0 Å². The highest BCUT2D eigenvalue weighted by Crippen LogP contribution is 2.41. The SMILES string of the molecule is COC(=O)c1cc(O)c(O)c(Br)c1Br. The van der Waals surface area contributed by atoms with Gasteiger partial charge in [-0.05, 0) is 37.9 Å². The van der Waals surface area contributed by atoms with Crippen LogP contribution in [0.5, 0.6) is 11.5 Å². The monoisotopic (exact) mass is 324 g/mol. The summed E-state index contributed by atoms with van der Waals surface area (Å²) in [6, 6.07) is 1.12. The first-order chi connectivity index (χ1) is 6.49. The fourth-order valence-corrected chi connectivity index (χ4v) is 1.74. The molecule has 2 N–H and O–H groups in total. The van der Waals surface area contributed by atoms with Gasteiger partial charge in [0.05, 0.1) is 21.6 Å². The van der Waals surface area contributed by atoms with Gasteiger partial charge >= 0.3 is 5.97 Å². The number of aromatic hydroxyl groups is 2. The Morgan fingerprint density at radius 1 is 1.36 bits per heavy atom. The number of hydrogen-bond donors (Lipinski definition) is 2. The summed E-state index contributed by atoms with van der Waals surface area (Å²) in [5, 5.41) is 18.5. The molecule has 6 heteroatoms. The maximum Gasteiger partial charge on any atom is 0.339 e. The molecule has 0 heterocycles. The molecular formula is C8H6Br2O4. The molecule has 4 nitrogen and oxygen atoms in total. The quantitative estimate of drug-likeness (QED) is 0.614. The first-order valence-electron chi connectivity index (χ1n) is 3.47. The summed E-state index contributed by atoms with van der Waals surface area (Å²) in [4.78, 5) is 11.2. The molecule has 0 spiro atoms. The first kappa shape index (κ1) is 11.3. The second-order valence-corrected chi connectivity index (χ2v) is 4.00. The molecule has 1 aromatic rings. The Bertz CT molecular complexity index is 389. The van der Waals surface area contributed by atoms with Gasteiger partial charge in [0.1, 0.15) is 0 Å². The number of halogens is 2. The molecule has 14 heavy (non-hydrogen) atoms. The standard InChI is InChI=1S/C8H6Br2O4/c1-14-8(13)3-2-4(11)7(12)6(10)5(3)9/h2,11-12H,1H3. The van der Waals surface area contributed by atoms with Crippen LogP contribution in [0.25, 0.3) is 0 Å². The number of carbonyl (C=O) groups excluding carboxylic acids is 1. The molecule has 0 aliphatic rings. The lowest BCUT2D eigenvalue weighted by Gasteiger charge is -2.07. The molecule has 0 bridgehead atoms. The van der Waals surface area contributed by atoms with E-state index in [1.54, 1.807) is 0 Å². The van der Waals surface area contributed by atoms with E-state index in [0.29, 0.717) is 4.47 Å². The maximum atomic E-state index is 11.2. The average Bonchev–Trinajstić information content (AvgIpc) is 2.19. The van der Waals surface area contributed by atoms with Gasteiger partial charge in [-0.15, -0.1) is 0 Å².